The van der Waals surface area contributed by atoms with Gasteiger partial charge in [0.05, 0.1) is 24.8 Å². The minimum absolute atomic E-state index is 0.0778. The lowest BCUT2D eigenvalue weighted by atomic mass is 10.2. The van der Waals surface area contributed by atoms with Crippen molar-refractivity contribution in [1.29, 1.82) is 0 Å². The first kappa shape index (κ1) is 23.9. The van der Waals surface area contributed by atoms with Gasteiger partial charge in [-0.05, 0) is 65.4 Å². The summed E-state index contributed by atoms with van der Waals surface area (Å²) >= 11 is 1.15. The highest BCUT2D eigenvalue weighted by Crippen LogP contribution is 2.16. The smallest absolute Gasteiger partial charge is 0.250 e. The lowest BCUT2D eigenvalue weighted by Crippen LogP contribution is -2.19. The molecule has 0 fully saturated rings. The van der Waals surface area contributed by atoms with Gasteiger partial charge in [0.15, 0.2) is 0 Å². The molecule has 0 aliphatic heterocycles. The Labute approximate surface area is 205 Å². The third-order valence-electron chi connectivity index (χ3n) is 4.67. The van der Waals surface area contributed by atoms with Crippen molar-refractivity contribution in [2.75, 3.05) is 12.9 Å². The Hall–Kier alpha value is -4.25. The molecule has 0 bridgehead atoms. The van der Waals surface area contributed by atoms with Gasteiger partial charge < -0.3 is 9.47 Å². The first-order valence-electron chi connectivity index (χ1n) is 10.5. The molecule has 0 atom stereocenters. The van der Waals surface area contributed by atoms with Crippen molar-refractivity contribution in [1.82, 2.24) is 25.6 Å². The van der Waals surface area contributed by atoms with Crippen LogP contribution < -0.4 is 14.9 Å². The Morgan fingerprint density at radius 2 is 1.83 bits per heavy atom. The van der Waals surface area contributed by atoms with Crippen molar-refractivity contribution in [3.63, 3.8) is 0 Å². The molecule has 11 heteroatoms. The van der Waals surface area contributed by atoms with E-state index >= 15 is 0 Å². The number of aromatic nitrogens is 4. The van der Waals surface area contributed by atoms with Gasteiger partial charge in [0.25, 0.3) is 5.91 Å². The second kappa shape index (κ2) is 11.7. The van der Waals surface area contributed by atoms with E-state index in [-0.39, 0.29) is 24.1 Å². The SMILES string of the molecule is COc1ccc(-n2nnc(SCC(=O)N/N=C\c3ccc(OCc4ccccc4F)cc3)n2)cc1. The molecule has 1 amide bonds. The number of hydrazone groups is 1. The van der Waals surface area contributed by atoms with Gasteiger partial charge in [0.1, 0.15) is 23.9 Å². The monoisotopic (exact) mass is 492 g/mol. The number of amides is 1. The molecule has 9 nitrogen and oxygen atoms in total. The van der Waals surface area contributed by atoms with Gasteiger partial charge in [0.2, 0.25) is 5.16 Å². The van der Waals surface area contributed by atoms with E-state index in [9.17, 15) is 9.18 Å². The summed E-state index contributed by atoms with van der Waals surface area (Å²) < 4.78 is 24.4. The standard InChI is InChI=1S/C24H21FN6O3S/c1-33-20-12-8-19(9-13-20)31-29-24(28-30-31)35-16-23(32)27-26-14-17-6-10-21(11-7-17)34-15-18-4-2-3-5-22(18)25/h2-14H,15-16H2,1H3,(H,27,32)/b26-14-. The normalized spacial score (nSPS) is 10.9. The summed E-state index contributed by atoms with van der Waals surface area (Å²) in [4.78, 5) is 13.4. The number of hydrogen-bond acceptors (Lipinski definition) is 8. The summed E-state index contributed by atoms with van der Waals surface area (Å²) in [5.74, 6) is 0.791. The number of carbonyl (C=O) groups excluding carboxylic acids is 1. The lowest BCUT2D eigenvalue weighted by Gasteiger charge is -2.07. The Balaban J connectivity index is 1.21. The van der Waals surface area contributed by atoms with E-state index in [1.807, 2.05) is 0 Å². The Kier molecular flexibility index (Phi) is 8.02. The van der Waals surface area contributed by atoms with Crippen molar-refractivity contribution in [3.8, 4) is 17.2 Å². The van der Waals surface area contributed by atoms with E-state index in [2.05, 4.69) is 25.9 Å². The summed E-state index contributed by atoms with van der Waals surface area (Å²) in [5, 5.41) is 16.5. The quantitative estimate of drug-likeness (QED) is 0.205. The minimum atomic E-state index is -0.308. The summed E-state index contributed by atoms with van der Waals surface area (Å²) in [7, 11) is 1.59. The van der Waals surface area contributed by atoms with Gasteiger partial charge in [-0.1, -0.05) is 30.0 Å². The van der Waals surface area contributed by atoms with Crippen LogP contribution in [0.25, 0.3) is 5.69 Å². The molecular weight excluding hydrogens is 471 g/mol. The van der Waals surface area contributed by atoms with E-state index < -0.39 is 0 Å². The number of ether oxygens (including phenoxy) is 2. The van der Waals surface area contributed by atoms with Crippen molar-refractivity contribution in [3.05, 3.63) is 89.7 Å². The molecule has 3 aromatic carbocycles. The van der Waals surface area contributed by atoms with E-state index in [0.29, 0.717) is 16.5 Å². The number of halogens is 1. The van der Waals surface area contributed by atoms with Crippen LogP contribution in [0, 0.1) is 5.82 Å². The predicted molar refractivity (Wildman–Crippen MR) is 129 cm³/mol. The summed E-state index contributed by atoms with van der Waals surface area (Å²) in [5.41, 5.74) is 4.43. The maximum Gasteiger partial charge on any atom is 0.250 e. The molecule has 4 rings (SSSR count). The first-order valence-corrected chi connectivity index (χ1v) is 11.4. The van der Waals surface area contributed by atoms with Gasteiger partial charge in [-0.2, -0.15) is 5.10 Å². The molecule has 0 aliphatic rings. The molecule has 0 unspecified atom stereocenters. The van der Waals surface area contributed by atoms with Gasteiger partial charge >= 0.3 is 0 Å². The van der Waals surface area contributed by atoms with Gasteiger partial charge in [0, 0.05) is 5.56 Å². The van der Waals surface area contributed by atoms with Crippen LogP contribution in [0.2, 0.25) is 0 Å². The summed E-state index contributed by atoms with van der Waals surface area (Å²) in [6.45, 7) is 0.135. The molecule has 1 aromatic heterocycles. The van der Waals surface area contributed by atoms with E-state index in [1.54, 1.807) is 73.8 Å². The zero-order valence-corrected chi connectivity index (χ0v) is 19.5. The Morgan fingerprint density at radius 3 is 2.57 bits per heavy atom. The molecule has 0 spiro atoms. The fraction of sp³-hybridized carbons (Fsp3) is 0.125. The van der Waals surface area contributed by atoms with Gasteiger partial charge in [-0.3, -0.25) is 4.79 Å². The number of carbonyl (C=O) groups is 1. The van der Waals surface area contributed by atoms with Gasteiger partial charge in [-0.25, -0.2) is 9.82 Å². The molecule has 1 heterocycles. The molecule has 178 valence electrons. The number of benzene rings is 3. The van der Waals surface area contributed by atoms with Crippen molar-refractivity contribution in [2.24, 2.45) is 5.10 Å². The van der Waals surface area contributed by atoms with Crippen LogP contribution in [-0.4, -0.2) is 45.2 Å². The van der Waals surface area contributed by atoms with Crippen LogP contribution in [0.15, 0.2) is 83.1 Å². The van der Waals surface area contributed by atoms with Crippen LogP contribution in [0.1, 0.15) is 11.1 Å². The number of nitrogens with one attached hydrogen (secondary N) is 1. The van der Waals surface area contributed by atoms with Crippen molar-refractivity contribution >= 4 is 23.9 Å². The first-order chi connectivity index (χ1) is 17.1. The molecule has 0 aliphatic carbocycles. The highest BCUT2D eigenvalue weighted by Gasteiger charge is 2.09. The Morgan fingerprint density at radius 1 is 1.09 bits per heavy atom. The third kappa shape index (κ3) is 6.87. The Bertz CT molecular complexity index is 1300. The highest BCUT2D eigenvalue weighted by atomic mass is 32.2. The molecule has 0 saturated heterocycles. The van der Waals surface area contributed by atoms with Crippen molar-refractivity contribution in [2.45, 2.75) is 11.8 Å². The molecule has 4 aromatic rings. The topological polar surface area (TPSA) is 104 Å². The van der Waals surface area contributed by atoms with Crippen molar-refractivity contribution < 1.29 is 18.7 Å². The average Bonchev–Trinajstić information content (AvgIpc) is 3.37. The average molecular weight is 493 g/mol. The number of tetrazole rings is 1. The lowest BCUT2D eigenvalue weighted by molar-refractivity contribution is -0.118. The highest BCUT2D eigenvalue weighted by molar-refractivity contribution is 7.99. The molecule has 35 heavy (non-hydrogen) atoms. The third-order valence-corrected chi connectivity index (χ3v) is 5.49. The fourth-order valence-electron chi connectivity index (χ4n) is 2.85. The zero-order chi connectivity index (χ0) is 24.5. The maximum atomic E-state index is 13.7. The minimum Gasteiger partial charge on any atom is -0.497 e. The van der Waals surface area contributed by atoms with Crippen LogP contribution in [0.5, 0.6) is 11.5 Å². The predicted octanol–water partition coefficient (Wildman–Crippen LogP) is 3.63. The molecular formula is C24H21FN6O3S. The fourth-order valence-corrected chi connectivity index (χ4v) is 3.41. The number of methoxy groups -OCH3 is 1. The second-order valence-electron chi connectivity index (χ2n) is 7.09. The molecule has 0 saturated carbocycles. The summed E-state index contributed by atoms with van der Waals surface area (Å²) in [6, 6.07) is 20.7. The molecule has 1 N–H and O–H groups in total. The molecule has 0 radical (unpaired) electrons. The van der Waals surface area contributed by atoms with E-state index in [1.165, 1.54) is 17.1 Å². The van der Waals surface area contributed by atoms with Crippen LogP contribution in [0.4, 0.5) is 4.39 Å². The number of hydrogen-bond donors (Lipinski definition) is 1. The zero-order valence-electron chi connectivity index (χ0n) is 18.7. The summed E-state index contributed by atoms with van der Waals surface area (Å²) in [6.07, 6.45) is 1.52. The number of rotatable bonds is 10. The largest absolute Gasteiger partial charge is 0.497 e. The van der Waals surface area contributed by atoms with Crippen LogP contribution in [-0.2, 0) is 11.4 Å². The van der Waals surface area contributed by atoms with E-state index in [0.717, 1.165) is 28.8 Å². The van der Waals surface area contributed by atoms with Crippen LogP contribution >= 0.6 is 11.8 Å². The number of nitrogens with zero attached hydrogens (tertiary/aromatic N) is 5. The van der Waals surface area contributed by atoms with Gasteiger partial charge in [-0.15, -0.1) is 15.0 Å². The van der Waals surface area contributed by atoms with Crippen LogP contribution in [0.3, 0.4) is 0 Å². The second-order valence-corrected chi connectivity index (χ2v) is 8.03. The van der Waals surface area contributed by atoms with E-state index in [4.69, 9.17) is 9.47 Å². The number of thioether (sulfide) groups is 1. The maximum absolute atomic E-state index is 13.7.